The molecule has 0 unspecified atom stereocenters. The monoisotopic (exact) mass is 392 g/mol. The van der Waals surface area contributed by atoms with E-state index in [1.54, 1.807) is 18.2 Å². The number of hydrogen-bond donors (Lipinski definition) is 2. The van der Waals surface area contributed by atoms with Crippen molar-refractivity contribution in [1.82, 2.24) is 10.9 Å². The van der Waals surface area contributed by atoms with E-state index in [0.29, 0.717) is 17.7 Å². The van der Waals surface area contributed by atoms with Crippen LogP contribution in [0.2, 0.25) is 0 Å². The van der Waals surface area contributed by atoms with E-state index in [0.717, 1.165) is 11.1 Å². The minimum absolute atomic E-state index is 0.126. The minimum Gasteiger partial charge on any atom is -0.483 e. The number of benzene rings is 3. The Bertz CT molecular complexity index is 977. The van der Waals surface area contributed by atoms with Gasteiger partial charge in [0.05, 0.1) is 0 Å². The number of aryl methyl sites for hydroxylation is 1. The highest BCUT2D eigenvalue weighted by molar-refractivity contribution is 5.83. The van der Waals surface area contributed by atoms with Crippen molar-refractivity contribution >= 4 is 11.8 Å². The van der Waals surface area contributed by atoms with Crippen LogP contribution in [0.5, 0.6) is 5.75 Å². The number of ether oxygens (including phenoxy) is 1. The average Bonchev–Trinajstić information content (AvgIpc) is 2.75. The quantitative estimate of drug-likeness (QED) is 0.603. The van der Waals surface area contributed by atoms with Crippen LogP contribution in [-0.4, -0.2) is 18.4 Å². The molecule has 0 aromatic heterocycles. The van der Waals surface area contributed by atoms with Gasteiger partial charge in [0.1, 0.15) is 11.6 Å². The van der Waals surface area contributed by atoms with Gasteiger partial charge >= 0.3 is 0 Å². The lowest BCUT2D eigenvalue weighted by atomic mass is 10.1. The fourth-order valence-corrected chi connectivity index (χ4v) is 2.78. The second-order valence-corrected chi connectivity index (χ2v) is 6.38. The molecule has 2 amide bonds. The molecule has 0 saturated heterocycles. The summed E-state index contributed by atoms with van der Waals surface area (Å²) in [6.07, 6.45) is 0.502. The molecule has 0 radical (unpaired) electrons. The van der Waals surface area contributed by atoms with Crippen molar-refractivity contribution in [3.8, 4) is 16.9 Å². The lowest BCUT2D eigenvalue weighted by molar-refractivity contribution is -0.130. The number of nitrogens with one attached hydrogen (secondary N) is 2. The van der Waals surface area contributed by atoms with E-state index >= 15 is 0 Å². The van der Waals surface area contributed by atoms with Crippen molar-refractivity contribution in [2.45, 2.75) is 12.8 Å². The molecule has 5 nitrogen and oxygen atoms in total. The average molecular weight is 392 g/mol. The number of hydrogen-bond acceptors (Lipinski definition) is 3. The van der Waals surface area contributed by atoms with Crippen molar-refractivity contribution < 1.29 is 18.7 Å². The first-order chi connectivity index (χ1) is 14.1. The van der Waals surface area contributed by atoms with E-state index in [1.807, 2.05) is 48.5 Å². The van der Waals surface area contributed by atoms with Crippen molar-refractivity contribution in [2.24, 2.45) is 0 Å². The number of hydrazine groups is 1. The number of carbonyl (C=O) groups excluding carboxylic acids is 2. The maximum absolute atomic E-state index is 13.1. The van der Waals surface area contributed by atoms with E-state index < -0.39 is 5.91 Å². The van der Waals surface area contributed by atoms with Crippen LogP contribution in [0.1, 0.15) is 12.0 Å². The van der Waals surface area contributed by atoms with Crippen LogP contribution in [0, 0.1) is 5.82 Å². The molecule has 2 N–H and O–H groups in total. The first-order valence-corrected chi connectivity index (χ1v) is 9.21. The van der Waals surface area contributed by atoms with Gasteiger partial charge in [-0.1, -0.05) is 60.7 Å². The molecule has 0 aliphatic rings. The van der Waals surface area contributed by atoms with Crippen LogP contribution >= 0.6 is 0 Å². The van der Waals surface area contributed by atoms with Crippen LogP contribution in [-0.2, 0) is 16.0 Å². The third-order valence-corrected chi connectivity index (χ3v) is 4.20. The molecule has 0 aliphatic carbocycles. The molecular formula is C23H21FN2O3. The van der Waals surface area contributed by atoms with Gasteiger partial charge in [0, 0.05) is 12.0 Å². The number of carbonyl (C=O) groups is 2. The molecule has 29 heavy (non-hydrogen) atoms. The third kappa shape index (κ3) is 6.17. The molecule has 0 spiro atoms. The summed E-state index contributed by atoms with van der Waals surface area (Å²) in [6, 6.07) is 23.2. The molecule has 3 rings (SSSR count). The Morgan fingerprint density at radius 1 is 0.828 bits per heavy atom. The molecule has 0 saturated carbocycles. The van der Waals surface area contributed by atoms with Crippen LogP contribution < -0.4 is 15.6 Å². The highest BCUT2D eigenvalue weighted by Gasteiger charge is 2.09. The van der Waals surface area contributed by atoms with Crippen molar-refractivity contribution in [1.29, 1.82) is 0 Å². The Labute approximate surface area is 168 Å². The van der Waals surface area contributed by atoms with Gasteiger partial charge < -0.3 is 4.74 Å². The maximum Gasteiger partial charge on any atom is 0.276 e. The van der Waals surface area contributed by atoms with Gasteiger partial charge in [0.2, 0.25) is 5.91 Å². The van der Waals surface area contributed by atoms with Crippen LogP contribution in [0.4, 0.5) is 4.39 Å². The predicted molar refractivity (Wildman–Crippen MR) is 108 cm³/mol. The summed E-state index contributed by atoms with van der Waals surface area (Å²) in [5.41, 5.74) is 7.23. The normalized spacial score (nSPS) is 10.2. The molecule has 148 valence electrons. The second-order valence-electron chi connectivity index (χ2n) is 6.38. The summed E-state index contributed by atoms with van der Waals surface area (Å²) in [7, 11) is 0. The smallest absolute Gasteiger partial charge is 0.276 e. The zero-order chi connectivity index (χ0) is 20.5. The lowest BCUT2D eigenvalue weighted by Crippen LogP contribution is -2.43. The molecule has 0 aliphatic heterocycles. The topological polar surface area (TPSA) is 67.4 Å². The van der Waals surface area contributed by atoms with Crippen LogP contribution in [0.15, 0.2) is 78.9 Å². The summed E-state index contributed by atoms with van der Waals surface area (Å²) in [6.45, 7) is -0.242. The van der Waals surface area contributed by atoms with E-state index in [2.05, 4.69) is 10.9 Å². The molecular weight excluding hydrogens is 371 g/mol. The zero-order valence-electron chi connectivity index (χ0n) is 15.7. The number of amides is 2. The highest BCUT2D eigenvalue weighted by Crippen LogP contribution is 2.29. The van der Waals surface area contributed by atoms with Gasteiger partial charge in [-0.2, -0.15) is 0 Å². The van der Waals surface area contributed by atoms with Gasteiger partial charge in [0.15, 0.2) is 6.61 Å². The fourth-order valence-electron chi connectivity index (χ4n) is 2.78. The van der Waals surface area contributed by atoms with Crippen molar-refractivity contribution in [3.05, 3.63) is 90.2 Å². The molecule has 0 atom stereocenters. The first-order valence-electron chi connectivity index (χ1n) is 9.21. The van der Waals surface area contributed by atoms with E-state index in [-0.39, 0.29) is 24.8 Å². The highest BCUT2D eigenvalue weighted by atomic mass is 19.1. The first kappa shape index (κ1) is 20.1. The van der Waals surface area contributed by atoms with Gasteiger partial charge in [-0.15, -0.1) is 0 Å². The van der Waals surface area contributed by atoms with E-state index in [1.165, 1.54) is 12.1 Å². The molecule has 3 aromatic carbocycles. The standard InChI is InChI=1S/C23H21FN2O3/c24-19-10-6-7-17(15-19)13-14-22(27)25-26-23(28)16-29-21-12-5-4-11-20(21)18-8-2-1-3-9-18/h1-12,15H,13-14,16H2,(H,25,27)(H,26,28). The number of rotatable bonds is 7. The lowest BCUT2D eigenvalue weighted by Gasteiger charge is -2.12. The van der Waals surface area contributed by atoms with Gasteiger partial charge in [-0.25, -0.2) is 4.39 Å². The van der Waals surface area contributed by atoms with Crippen molar-refractivity contribution in [2.75, 3.05) is 6.61 Å². The Morgan fingerprint density at radius 3 is 2.34 bits per heavy atom. The SMILES string of the molecule is O=C(CCc1cccc(F)c1)NNC(=O)COc1ccccc1-c1ccccc1. The van der Waals surface area contributed by atoms with Gasteiger partial charge in [-0.3, -0.25) is 20.4 Å². The van der Waals surface area contributed by atoms with E-state index in [9.17, 15) is 14.0 Å². The maximum atomic E-state index is 13.1. The fraction of sp³-hybridized carbons (Fsp3) is 0.130. The molecule has 3 aromatic rings. The Kier molecular flexibility index (Phi) is 6.95. The van der Waals surface area contributed by atoms with Crippen LogP contribution in [0.25, 0.3) is 11.1 Å². The summed E-state index contributed by atoms with van der Waals surface area (Å²) in [4.78, 5) is 23.8. The summed E-state index contributed by atoms with van der Waals surface area (Å²) < 4.78 is 18.8. The summed E-state index contributed by atoms with van der Waals surface area (Å²) >= 11 is 0. The zero-order valence-corrected chi connectivity index (χ0v) is 15.7. The molecule has 0 fully saturated rings. The Morgan fingerprint density at radius 2 is 1.55 bits per heavy atom. The second kappa shape index (κ2) is 10.0. The molecule has 6 heteroatoms. The predicted octanol–water partition coefficient (Wildman–Crippen LogP) is 3.65. The summed E-state index contributed by atoms with van der Waals surface area (Å²) in [5, 5.41) is 0. The Hall–Kier alpha value is -3.67. The van der Waals surface area contributed by atoms with Gasteiger partial charge in [0.25, 0.3) is 5.91 Å². The minimum atomic E-state index is -0.480. The Balaban J connectivity index is 1.45. The van der Waals surface area contributed by atoms with Crippen molar-refractivity contribution in [3.63, 3.8) is 0 Å². The number of para-hydroxylation sites is 1. The van der Waals surface area contributed by atoms with E-state index in [4.69, 9.17) is 4.74 Å². The largest absolute Gasteiger partial charge is 0.483 e. The summed E-state index contributed by atoms with van der Waals surface area (Å²) in [5.74, 6) is -0.616. The number of halogens is 1. The van der Waals surface area contributed by atoms with Crippen LogP contribution in [0.3, 0.4) is 0 Å². The van der Waals surface area contributed by atoms with Gasteiger partial charge in [-0.05, 0) is 35.7 Å². The molecule has 0 bridgehead atoms. The molecule has 0 heterocycles. The third-order valence-electron chi connectivity index (χ3n) is 4.20.